The Morgan fingerprint density at radius 2 is 2.00 bits per heavy atom. The second kappa shape index (κ2) is 3.55. The van der Waals surface area contributed by atoms with Gasteiger partial charge in [0.05, 0.1) is 12.4 Å². The van der Waals surface area contributed by atoms with Gasteiger partial charge in [0.15, 0.2) is 0 Å². The van der Waals surface area contributed by atoms with Crippen LogP contribution in [-0.4, -0.2) is 23.1 Å². The van der Waals surface area contributed by atoms with Gasteiger partial charge in [0.2, 0.25) is 0 Å². The molecule has 0 atom stereocenters. The van der Waals surface area contributed by atoms with E-state index in [1.165, 1.54) is 12.8 Å². The largest absolute Gasteiger partial charge is 0.355 e. The molecule has 0 aromatic carbocycles. The highest BCUT2D eigenvalue weighted by Crippen LogP contribution is 2.16. The summed E-state index contributed by atoms with van der Waals surface area (Å²) in [6, 6.07) is 0. The first-order chi connectivity index (χ1) is 5.86. The second-order valence-electron chi connectivity index (χ2n) is 2.89. The van der Waals surface area contributed by atoms with Gasteiger partial charge in [-0.2, -0.15) is 0 Å². The summed E-state index contributed by atoms with van der Waals surface area (Å²) in [7, 11) is 0. The molecule has 0 unspecified atom stereocenters. The maximum Gasteiger partial charge on any atom is 0.148 e. The molecule has 1 aliphatic rings. The van der Waals surface area contributed by atoms with E-state index in [4.69, 9.17) is 0 Å². The van der Waals surface area contributed by atoms with Crippen molar-refractivity contribution < 1.29 is 0 Å². The number of rotatable bonds is 1. The van der Waals surface area contributed by atoms with Crippen LogP contribution < -0.4 is 4.90 Å². The minimum absolute atomic E-state index is 0.969. The van der Waals surface area contributed by atoms with Gasteiger partial charge in [0.25, 0.3) is 0 Å². The molecule has 1 aromatic heterocycles. The van der Waals surface area contributed by atoms with Crippen molar-refractivity contribution in [1.82, 2.24) is 9.97 Å². The van der Waals surface area contributed by atoms with Gasteiger partial charge < -0.3 is 4.90 Å². The van der Waals surface area contributed by atoms with Crippen LogP contribution in [0.1, 0.15) is 12.8 Å². The van der Waals surface area contributed by atoms with Gasteiger partial charge in [0, 0.05) is 13.1 Å². The zero-order chi connectivity index (χ0) is 8.39. The Bertz CT molecular complexity index is 271. The fourth-order valence-corrected chi connectivity index (χ4v) is 1.84. The summed E-state index contributed by atoms with van der Waals surface area (Å²) in [5.74, 6) is 1.03. The predicted molar refractivity (Wildman–Crippen MR) is 56.2 cm³/mol. The maximum absolute atomic E-state index is 4.41. The van der Waals surface area contributed by atoms with Crippen LogP contribution in [-0.2, 0) is 0 Å². The van der Waals surface area contributed by atoms with Gasteiger partial charge >= 0.3 is 0 Å². The van der Waals surface area contributed by atoms with Gasteiger partial charge in [-0.3, -0.25) is 4.98 Å². The molecule has 0 aliphatic carbocycles. The van der Waals surface area contributed by atoms with E-state index in [9.17, 15) is 0 Å². The quantitative estimate of drug-likeness (QED) is 0.730. The van der Waals surface area contributed by atoms with Crippen LogP contribution in [0.25, 0.3) is 0 Å². The molecule has 0 radical (unpaired) electrons. The molecule has 0 spiro atoms. The summed E-state index contributed by atoms with van der Waals surface area (Å²) in [5.41, 5.74) is 0. The van der Waals surface area contributed by atoms with E-state index in [-0.39, 0.29) is 0 Å². The lowest BCUT2D eigenvalue weighted by Crippen LogP contribution is -2.19. The SMILES string of the molecule is Ic1cncc(N2CCCC2)n1. The highest BCUT2D eigenvalue weighted by atomic mass is 127. The fourth-order valence-electron chi connectivity index (χ4n) is 1.43. The molecule has 64 valence electrons. The molecule has 12 heavy (non-hydrogen) atoms. The topological polar surface area (TPSA) is 29.0 Å². The summed E-state index contributed by atoms with van der Waals surface area (Å²) >= 11 is 2.19. The monoisotopic (exact) mass is 275 g/mol. The summed E-state index contributed by atoms with van der Waals surface area (Å²) in [5, 5.41) is 0. The van der Waals surface area contributed by atoms with Crippen LogP contribution in [0, 0.1) is 3.70 Å². The molecule has 3 nitrogen and oxygen atoms in total. The van der Waals surface area contributed by atoms with Gasteiger partial charge in [-0.15, -0.1) is 0 Å². The molecule has 1 fully saturated rings. The maximum atomic E-state index is 4.41. The first kappa shape index (κ1) is 8.22. The zero-order valence-electron chi connectivity index (χ0n) is 6.70. The van der Waals surface area contributed by atoms with Crippen molar-refractivity contribution in [3.63, 3.8) is 0 Å². The zero-order valence-corrected chi connectivity index (χ0v) is 8.86. The van der Waals surface area contributed by atoms with E-state index >= 15 is 0 Å². The van der Waals surface area contributed by atoms with E-state index in [2.05, 4.69) is 37.5 Å². The molecule has 0 saturated carbocycles. The standard InChI is InChI=1S/C8H10IN3/c9-7-5-10-6-8(11-7)12-3-1-2-4-12/h5-6H,1-4H2. The van der Waals surface area contributed by atoms with E-state index < -0.39 is 0 Å². The highest BCUT2D eigenvalue weighted by molar-refractivity contribution is 14.1. The van der Waals surface area contributed by atoms with Crippen molar-refractivity contribution in [2.24, 2.45) is 0 Å². The first-order valence-electron chi connectivity index (χ1n) is 4.09. The van der Waals surface area contributed by atoms with E-state index in [1.807, 2.05) is 6.20 Å². The van der Waals surface area contributed by atoms with Crippen LogP contribution in [0.5, 0.6) is 0 Å². The minimum atomic E-state index is 0.969. The predicted octanol–water partition coefficient (Wildman–Crippen LogP) is 1.68. The molecule has 1 aliphatic heterocycles. The summed E-state index contributed by atoms with van der Waals surface area (Å²) < 4.78 is 0.969. The van der Waals surface area contributed by atoms with Crippen molar-refractivity contribution in [2.75, 3.05) is 18.0 Å². The Balaban J connectivity index is 2.21. The van der Waals surface area contributed by atoms with Crippen LogP contribution in [0.4, 0.5) is 5.82 Å². The number of anilines is 1. The summed E-state index contributed by atoms with van der Waals surface area (Å²) in [6.07, 6.45) is 6.19. The van der Waals surface area contributed by atoms with Crippen molar-refractivity contribution in [3.8, 4) is 0 Å². The summed E-state index contributed by atoms with van der Waals surface area (Å²) in [4.78, 5) is 10.8. The number of hydrogen-bond acceptors (Lipinski definition) is 3. The third kappa shape index (κ3) is 1.68. The number of nitrogens with zero attached hydrogens (tertiary/aromatic N) is 3. The number of hydrogen-bond donors (Lipinski definition) is 0. The Hall–Kier alpha value is -0.390. The van der Waals surface area contributed by atoms with Crippen molar-refractivity contribution >= 4 is 28.4 Å². The molecule has 2 heterocycles. The van der Waals surface area contributed by atoms with Crippen LogP contribution in [0.2, 0.25) is 0 Å². The number of halogens is 1. The van der Waals surface area contributed by atoms with Crippen LogP contribution in [0.15, 0.2) is 12.4 Å². The molecule has 1 aromatic rings. The van der Waals surface area contributed by atoms with E-state index in [0.29, 0.717) is 0 Å². The van der Waals surface area contributed by atoms with Gasteiger partial charge in [-0.1, -0.05) is 0 Å². The lowest BCUT2D eigenvalue weighted by Gasteiger charge is -2.15. The molecule has 2 rings (SSSR count). The van der Waals surface area contributed by atoms with Crippen molar-refractivity contribution in [3.05, 3.63) is 16.1 Å². The Labute approximate surface area is 85.3 Å². The molecule has 0 N–H and O–H groups in total. The molecule has 4 heteroatoms. The average Bonchev–Trinajstić information content (AvgIpc) is 2.56. The minimum Gasteiger partial charge on any atom is -0.355 e. The molecule has 0 bridgehead atoms. The van der Waals surface area contributed by atoms with E-state index in [0.717, 1.165) is 22.6 Å². The lowest BCUT2D eigenvalue weighted by atomic mass is 10.4. The normalized spacial score (nSPS) is 16.9. The van der Waals surface area contributed by atoms with Gasteiger partial charge in [-0.25, -0.2) is 4.98 Å². The van der Waals surface area contributed by atoms with Crippen LogP contribution in [0.3, 0.4) is 0 Å². The Morgan fingerprint density at radius 1 is 1.25 bits per heavy atom. The average molecular weight is 275 g/mol. The molecular weight excluding hydrogens is 265 g/mol. The smallest absolute Gasteiger partial charge is 0.148 e. The van der Waals surface area contributed by atoms with Crippen molar-refractivity contribution in [2.45, 2.75) is 12.8 Å². The van der Waals surface area contributed by atoms with Gasteiger partial charge in [0.1, 0.15) is 9.52 Å². The lowest BCUT2D eigenvalue weighted by molar-refractivity contribution is 0.920. The fraction of sp³-hybridized carbons (Fsp3) is 0.500. The first-order valence-corrected chi connectivity index (χ1v) is 5.16. The molecule has 1 saturated heterocycles. The third-order valence-electron chi connectivity index (χ3n) is 2.02. The van der Waals surface area contributed by atoms with Crippen molar-refractivity contribution in [1.29, 1.82) is 0 Å². The Morgan fingerprint density at radius 3 is 2.67 bits per heavy atom. The second-order valence-corrected chi connectivity index (χ2v) is 4.00. The molecular formula is C8H10IN3. The van der Waals surface area contributed by atoms with Crippen LogP contribution >= 0.6 is 22.6 Å². The molecule has 0 amide bonds. The Kier molecular flexibility index (Phi) is 2.43. The third-order valence-corrected chi connectivity index (χ3v) is 2.54. The highest BCUT2D eigenvalue weighted by Gasteiger charge is 2.13. The summed E-state index contributed by atoms with van der Waals surface area (Å²) in [6.45, 7) is 2.27. The van der Waals surface area contributed by atoms with Gasteiger partial charge in [-0.05, 0) is 35.4 Å². The van der Waals surface area contributed by atoms with E-state index in [1.54, 1.807) is 6.20 Å². The number of aromatic nitrogens is 2.